The molecule has 0 radical (unpaired) electrons. The van der Waals surface area contributed by atoms with Gasteiger partial charge in [-0.3, -0.25) is 0 Å². The monoisotopic (exact) mass is 344 g/mol. The third-order valence-corrected chi connectivity index (χ3v) is 5.42. The van der Waals surface area contributed by atoms with Gasteiger partial charge in [-0.2, -0.15) is 0 Å². The molecule has 0 aliphatic carbocycles. The topological polar surface area (TPSA) is 9.23 Å². The maximum Gasteiger partial charge on any atom is 0.123 e. The molecule has 0 aliphatic rings. The molecule has 3 rings (SSSR count). The predicted octanol–water partition coefficient (Wildman–Crippen LogP) is 6.42. The third-order valence-electron chi connectivity index (χ3n) is 5.42. The summed E-state index contributed by atoms with van der Waals surface area (Å²) in [6.45, 7) is 10.9. The summed E-state index contributed by atoms with van der Waals surface area (Å²) >= 11 is 0. The fourth-order valence-corrected chi connectivity index (χ4v) is 3.89. The lowest BCUT2D eigenvalue weighted by molar-refractivity contribution is 0.408. The molecule has 1 atom stereocenters. The van der Waals surface area contributed by atoms with Crippen LogP contribution in [0.1, 0.15) is 50.4 Å². The smallest absolute Gasteiger partial charge is 0.123 e. The fraction of sp³-hybridized carbons (Fsp3) is 0.280. The summed E-state index contributed by atoms with van der Waals surface area (Å²) in [5, 5.41) is 0. The first-order valence-electron chi connectivity index (χ1n) is 9.20. The lowest BCUT2D eigenvalue weighted by atomic mass is 9.80. The van der Waals surface area contributed by atoms with Crippen LogP contribution in [0.5, 0.6) is 5.75 Å². The van der Waals surface area contributed by atoms with Gasteiger partial charge in [0.2, 0.25) is 0 Å². The number of hydrogen-bond donors (Lipinski definition) is 0. The van der Waals surface area contributed by atoms with Gasteiger partial charge in [0.1, 0.15) is 5.75 Å². The van der Waals surface area contributed by atoms with Crippen LogP contribution >= 0.6 is 0 Å². The van der Waals surface area contributed by atoms with Crippen LogP contribution in [-0.4, -0.2) is 7.11 Å². The second-order valence-corrected chi connectivity index (χ2v) is 7.32. The zero-order chi connectivity index (χ0) is 18.8. The summed E-state index contributed by atoms with van der Waals surface area (Å²) < 4.78 is 5.82. The van der Waals surface area contributed by atoms with Crippen LogP contribution in [0.2, 0.25) is 0 Å². The molecule has 134 valence electrons. The molecule has 0 spiro atoms. The number of aryl methyl sites for hydroxylation is 4. The SMILES string of the molecule is COc1cc(C)cc(C)c1C(c1ccccc1)c1cc(C)c(C)c(C)c1. The van der Waals surface area contributed by atoms with Crippen molar-refractivity contribution in [1.29, 1.82) is 0 Å². The highest BCUT2D eigenvalue weighted by Crippen LogP contribution is 2.40. The quantitative estimate of drug-likeness (QED) is 0.496. The van der Waals surface area contributed by atoms with Gasteiger partial charge in [0.25, 0.3) is 0 Å². The van der Waals surface area contributed by atoms with E-state index in [4.69, 9.17) is 4.74 Å². The van der Waals surface area contributed by atoms with Crippen molar-refractivity contribution in [3.05, 3.63) is 99.1 Å². The molecule has 1 unspecified atom stereocenters. The van der Waals surface area contributed by atoms with Crippen LogP contribution in [0, 0.1) is 34.6 Å². The van der Waals surface area contributed by atoms with Crippen molar-refractivity contribution in [3.63, 3.8) is 0 Å². The van der Waals surface area contributed by atoms with Crippen LogP contribution < -0.4 is 4.74 Å². The van der Waals surface area contributed by atoms with Gasteiger partial charge in [0.05, 0.1) is 7.11 Å². The Labute approximate surface area is 157 Å². The number of hydrogen-bond acceptors (Lipinski definition) is 1. The summed E-state index contributed by atoms with van der Waals surface area (Å²) in [6, 6.07) is 19.8. The average Bonchev–Trinajstić information content (AvgIpc) is 2.62. The zero-order valence-electron chi connectivity index (χ0n) is 16.7. The summed E-state index contributed by atoms with van der Waals surface area (Å²) in [7, 11) is 1.77. The molecular weight excluding hydrogens is 316 g/mol. The molecule has 3 aromatic carbocycles. The van der Waals surface area contributed by atoms with E-state index in [9.17, 15) is 0 Å². The maximum absolute atomic E-state index is 5.82. The Morgan fingerprint density at radius 3 is 1.88 bits per heavy atom. The van der Waals surface area contributed by atoms with Crippen molar-refractivity contribution >= 4 is 0 Å². The zero-order valence-corrected chi connectivity index (χ0v) is 16.7. The van der Waals surface area contributed by atoms with Crippen molar-refractivity contribution in [2.24, 2.45) is 0 Å². The minimum absolute atomic E-state index is 0.157. The van der Waals surface area contributed by atoms with Gasteiger partial charge in [0, 0.05) is 11.5 Å². The summed E-state index contributed by atoms with van der Waals surface area (Å²) in [5.74, 6) is 1.12. The standard InChI is InChI=1S/C25H28O/c1-16-12-19(4)24(23(13-16)26-6)25(21-10-8-7-9-11-21)22-14-17(2)20(5)18(3)15-22/h7-15,25H,1-6H3. The normalized spacial score (nSPS) is 12.1. The van der Waals surface area contributed by atoms with Crippen molar-refractivity contribution in [1.82, 2.24) is 0 Å². The summed E-state index contributed by atoms with van der Waals surface area (Å²) in [4.78, 5) is 0. The molecule has 1 nitrogen and oxygen atoms in total. The molecule has 0 heterocycles. The van der Waals surface area contributed by atoms with Gasteiger partial charge in [-0.25, -0.2) is 0 Å². The Morgan fingerprint density at radius 1 is 0.692 bits per heavy atom. The molecule has 3 aromatic rings. The highest BCUT2D eigenvalue weighted by Gasteiger charge is 2.23. The Kier molecular flexibility index (Phi) is 5.18. The van der Waals surface area contributed by atoms with Crippen molar-refractivity contribution in [3.8, 4) is 5.75 Å². The van der Waals surface area contributed by atoms with E-state index in [0.29, 0.717) is 0 Å². The second-order valence-electron chi connectivity index (χ2n) is 7.32. The summed E-state index contributed by atoms with van der Waals surface area (Å²) in [6.07, 6.45) is 0. The average molecular weight is 344 g/mol. The summed E-state index contributed by atoms with van der Waals surface area (Å²) in [5.41, 5.74) is 10.4. The minimum atomic E-state index is 0.157. The van der Waals surface area contributed by atoms with Crippen molar-refractivity contribution in [2.75, 3.05) is 7.11 Å². The van der Waals surface area contributed by atoms with E-state index in [0.717, 1.165) is 5.75 Å². The largest absolute Gasteiger partial charge is 0.496 e. The molecule has 0 aliphatic heterocycles. The van der Waals surface area contributed by atoms with Gasteiger partial charge < -0.3 is 4.74 Å². The Hall–Kier alpha value is -2.54. The van der Waals surface area contributed by atoms with E-state index in [2.05, 4.69) is 89.2 Å². The number of rotatable bonds is 4. The van der Waals surface area contributed by atoms with Crippen LogP contribution in [0.15, 0.2) is 54.6 Å². The molecule has 1 heteroatoms. The second kappa shape index (κ2) is 7.37. The van der Waals surface area contributed by atoms with E-state index in [1.165, 1.54) is 44.5 Å². The molecule has 0 fully saturated rings. The molecule has 26 heavy (non-hydrogen) atoms. The number of methoxy groups -OCH3 is 1. The first kappa shape index (κ1) is 18.3. The molecular formula is C25H28O. The highest BCUT2D eigenvalue weighted by atomic mass is 16.5. The van der Waals surface area contributed by atoms with E-state index >= 15 is 0 Å². The number of benzene rings is 3. The Morgan fingerprint density at radius 2 is 1.31 bits per heavy atom. The van der Waals surface area contributed by atoms with E-state index < -0.39 is 0 Å². The molecule has 0 saturated heterocycles. The fourth-order valence-electron chi connectivity index (χ4n) is 3.89. The lowest BCUT2D eigenvalue weighted by Gasteiger charge is -2.25. The van der Waals surface area contributed by atoms with Gasteiger partial charge in [-0.05, 0) is 79.6 Å². The van der Waals surface area contributed by atoms with Gasteiger partial charge in [0.15, 0.2) is 0 Å². The van der Waals surface area contributed by atoms with Crippen LogP contribution in [0.25, 0.3) is 0 Å². The van der Waals surface area contributed by atoms with Crippen LogP contribution in [0.3, 0.4) is 0 Å². The van der Waals surface area contributed by atoms with E-state index in [-0.39, 0.29) is 5.92 Å². The first-order chi connectivity index (χ1) is 12.4. The molecule has 0 saturated carbocycles. The molecule has 0 N–H and O–H groups in total. The first-order valence-corrected chi connectivity index (χ1v) is 9.20. The molecule has 0 aromatic heterocycles. The van der Waals surface area contributed by atoms with Gasteiger partial charge in [-0.15, -0.1) is 0 Å². The van der Waals surface area contributed by atoms with Crippen LogP contribution in [0.4, 0.5) is 0 Å². The van der Waals surface area contributed by atoms with Crippen molar-refractivity contribution < 1.29 is 4.74 Å². The highest BCUT2D eigenvalue weighted by molar-refractivity contribution is 5.55. The molecule has 0 amide bonds. The van der Waals surface area contributed by atoms with E-state index in [1.54, 1.807) is 7.11 Å². The minimum Gasteiger partial charge on any atom is -0.496 e. The number of ether oxygens (including phenoxy) is 1. The van der Waals surface area contributed by atoms with Gasteiger partial charge >= 0.3 is 0 Å². The van der Waals surface area contributed by atoms with Crippen molar-refractivity contribution in [2.45, 2.75) is 40.5 Å². The Bertz CT molecular complexity index is 899. The third kappa shape index (κ3) is 3.39. The Balaban J connectivity index is 2.31. The maximum atomic E-state index is 5.82. The van der Waals surface area contributed by atoms with E-state index in [1.807, 2.05) is 0 Å². The van der Waals surface area contributed by atoms with Crippen LogP contribution in [-0.2, 0) is 0 Å². The van der Waals surface area contributed by atoms with Gasteiger partial charge in [-0.1, -0.05) is 48.5 Å². The molecule has 0 bridgehead atoms. The lowest BCUT2D eigenvalue weighted by Crippen LogP contribution is -2.09. The predicted molar refractivity (Wildman–Crippen MR) is 111 cm³/mol.